The molecule has 0 aromatic heterocycles. The third-order valence-corrected chi connectivity index (χ3v) is 1.89. The maximum Gasteiger partial charge on any atom is 0.372 e. The van der Waals surface area contributed by atoms with Crippen molar-refractivity contribution in [1.82, 2.24) is 0 Å². The van der Waals surface area contributed by atoms with E-state index in [1.54, 1.807) is 12.1 Å². The Morgan fingerprint density at radius 2 is 2.00 bits per heavy atom. The van der Waals surface area contributed by atoms with Gasteiger partial charge in [-0.3, -0.25) is 10.2 Å². The van der Waals surface area contributed by atoms with Crippen molar-refractivity contribution in [3.63, 3.8) is 0 Å². The average molecular weight is 220 g/mol. The number of carboxylic acid groups (broad SMARTS) is 1. The number of carbonyl (C=O) groups excluding carboxylic acids is 1. The van der Waals surface area contributed by atoms with E-state index in [4.69, 9.17) is 5.11 Å². The topological polar surface area (TPSA) is 78.8 Å². The molecular formula is C11H12N2O3. The monoisotopic (exact) mass is 220 g/mol. The normalized spacial score (nSPS) is 12.3. The third kappa shape index (κ3) is 3.53. The molecule has 0 fully saturated rings. The van der Waals surface area contributed by atoms with Crippen LogP contribution in [0.3, 0.4) is 0 Å². The zero-order valence-electron chi connectivity index (χ0n) is 8.75. The molecule has 0 amide bonds. The molecule has 0 bridgehead atoms. The lowest BCUT2D eigenvalue weighted by molar-refractivity contribution is -0.149. The van der Waals surface area contributed by atoms with Crippen LogP contribution in [0.25, 0.3) is 0 Å². The number of hydrogen-bond acceptors (Lipinski definition) is 4. The molecule has 1 aromatic carbocycles. The third-order valence-electron chi connectivity index (χ3n) is 1.89. The number of rotatable bonds is 5. The first kappa shape index (κ1) is 11.9. The molecule has 0 aliphatic rings. The molecule has 1 atom stereocenters. The minimum Gasteiger partial charge on any atom is -0.475 e. The van der Waals surface area contributed by atoms with Gasteiger partial charge in [-0.1, -0.05) is 18.2 Å². The van der Waals surface area contributed by atoms with E-state index in [0.717, 1.165) is 5.69 Å². The molecule has 0 heterocycles. The molecule has 0 aliphatic heterocycles. The molecule has 0 spiro atoms. The number of aliphatic carboxylic acids is 1. The van der Waals surface area contributed by atoms with Crippen LogP contribution in [-0.2, 0) is 9.59 Å². The van der Waals surface area contributed by atoms with Crippen molar-refractivity contribution in [2.24, 2.45) is 11.0 Å². The minimum absolute atomic E-state index is 0.742. The molecule has 2 N–H and O–H groups in total. The zero-order chi connectivity index (χ0) is 12.0. The molecule has 16 heavy (non-hydrogen) atoms. The molecule has 1 unspecified atom stereocenters. The number of anilines is 1. The molecule has 0 aliphatic carbocycles. The van der Waals surface area contributed by atoms with Gasteiger partial charge in [0, 0.05) is 6.21 Å². The van der Waals surface area contributed by atoms with E-state index in [1.165, 1.54) is 13.1 Å². The highest BCUT2D eigenvalue weighted by Crippen LogP contribution is 2.04. The van der Waals surface area contributed by atoms with Crippen LogP contribution in [0.5, 0.6) is 0 Å². The van der Waals surface area contributed by atoms with Gasteiger partial charge in [-0.15, -0.1) is 0 Å². The van der Waals surface area contributed by atoms with Crippen molar-refractivity contribution in [1.29, 1.82) is 0 Å². The van der Waals surface area contributed by atoms with Crippen LogP contribution < -0.4 is 5.43 Å². The van der Waals surface area contributed by atoms with Crippen LogP contribution >= 0.6 is 0 Å². The summed E-state index contributed by atoms with van der Waals surface area (Å²) < 4.78 is 0. The van der Waals surface area contributed by atoms with Gasteiger partial charge in [-0.25, -0.2) is 4.79 Å². The Bertz CT molecular complexity index is 401. The molecule has 5 heteroatoms. The van der Waals surface area contributed by atoms with Crippen molar-refractivity contribution in [2.45, 2.75) is 6.92 Å². The maximum atomic E-state index is 11.0. The summed E-state index contributed by atoms with van der Waals surface area (Å²) in [6.45, 7) is 1.48. The smallest absolute Gasteiger partial charge is 0.372 e. The van der Waals surface area contributed by atoms with E-state index in [0.29, 0.717) is 0 Å². The zero-order valence-corrected chi connectivity index (χ0v) is 8.75. The molecule has 0 radical (unpaired) electrons. The van der Waals surface area contributed by atoms with Crippen LogP contribution in [0.2, 0.25) is 0 Å². The van der Waals surface area contributed by atoms with Crippen molar-refractivity contribution in [3.8, 4) is 0 Å². The summed E-state index contributed by atoms with van der Waals surface area (Å²) in [7, 11) is 0. The van der Waals surface area contributed by atoms with E-state index in [2.05, 4.69) is 10.5 Å². The Kier molecular flexibility index (Phi) is 4.20. The second kappa shape index (κ2) is 5.65. The van der Waals surface area contributed by atoms with Gasteiger partial charge in [0.2, 0.25) is 5.78 Å². The van der Waals surface area contributed by atoms with E-state index in [-0.39, 0.29) is 0 Å². The number of nitrogens with zero attached hydrogens (tertiary/aromatic N) is 1. The van der Waals surface area contributed by atoms with Crippen LogP contribution in [0.1, 0.15) is 6.92 Å². The SMILES string of the molecule is CC(C=NNc1ccccc1)C(=O)C(=O)O. The highest BCUT2D eigenvalue weighted by molar-refractivity contribution is 6.36. The van der Waals surface area contributed by atoms with Gasteiger partial charge < -0.3 is 5.11 Å². The van der Waals surface area contributed by atoms with Crippen molar-refractivity contribution in [3.05, 3.63) is 30.3 Å². The second-order valence-electron chi connectivity index (χ2n) is 3.21. The van der Waals surface area contributed by atoms with E-state index in [9.17, 15) is 9.59 Å². The first-order valence-electron chi connectivity index (χ1n) is 4.72. The predicted molar refractivity (Wildman–Crippen MR) is 60.4 cm³/mol. The molecule has 1 rings (SSSR count). The number of ketones is 1. The highest BCUT2D eigenvalue weighted by atomic mass is 16.4. The minimum atomic E-state index is -1.45. The summed E-state index contributed by atoms with van der Waals surface area (Å²) in [4.78, 5) is 21.3. The Balaban J connectivity index is 2.49. The standard InChI is InChI=1S/C11H12N2O3/c1-8(10(14)11(15)16)7-12-13-9-5-3-2-4-6-9/h2-8,13H,1H3,(H,15,16). The first-order valence-corrected chi connectivity index (χ1v) is 4.72. The quantitative estimate of drug-likeness (QED) is 0.446. The van der Waals surface area contributed by atoms with Gasteiger partial charge in [-0.2, -0.15) is 5.10 Å². The van der Waals surface area contributed by atoms with Gasteiger partial charge in [0.05, 0.1) is 11.6 Å². The Morgan fingerprint density at radius 3 is 2.56 bits per heavy atom. The second-order valence-corrected chi connectivity index (χ2v) is 3.21. The molecule has 0 saturated heterocycles. The first-order chi connectivity index (χ1) is 7.61. The van der Waals surface area contributed by atoms with Crippen LogP contribution in [0.15, 0.2) is 35.4 Å². The number of nitrogens with one attached hydrogen (secondary N) is 1. The van der Waals surface area contributed by atoms with E-state index < -0.39 is 17.7 Å². The molecule has 0 saturated carbocycles. The van der Waals surface area contributed by atoms with Crippen molar-refractivity contribution in [2.75, 3.05) is 5.43 Å². The van der Waals surface area contributed by atoms with Gasteiger partial charge in [0.1, 0.15) is 0 Å². The maximum absolute atomic E-state index is 11.0. The van der Waals surface area contributed by atoms with E-state index in [1.807, 2.05) is 18.2 Å². The number of carbonyl (C=O) groups is 2. The summed E-state index contributed by atoms with van der Waals surface area (Å²) in [5.74, 6) is -3.06. The molecule has 1 aromatic rings. The van der Waals surface area contributed by atoms with E-state index >= 15 is 0 Å². The Morgan fingerprint density at radius 1 is 1.38 bits per heavy atom. The highest BCUT2D eigenvalue weighted by Gasteiger charge is 2.18. The summed E-state index contributed by atoms with van der Waals surface area (Å²) >= 11 is 0. The van der Waals surface area contributed by atoms with Gasteiger partial charge in [0.15, 0.2) is 0 Å². The fourth-order valence-electron chi connectivity index (χ4n) is 0.999. The average Bonchev–Trinajstić information content (AvgIpc) is 2.29. The Hall–Kier alpha value is -2.17. The van der Waals surface area contributed by atoms with Crippen LogP contribution in [0.4, 0.5) is 5.69 Å². The largest absolute Gasteiger partial charge is 0.475 e. The lowest BCUT2D eigenvalue weighted by Crippen LogP contribution is -2.22. The van der Waals surface area contributed by atoms with Gasteiger partial charge in [0.25, 0.3) is 0 Å². The van der Waals surface area contributed by atoms with Gasteiger partial charge in [-0.05, 0) is 19.1 Å². The number of hydrazone groups is 1. The summed E-state index contributed by atoms with van der Waals surface area (Å²) in [5, 5.41) is 12.2. The Labute approximate surface area is 92.8 Å². The summed E-state index contributed by atoms with van der Waals surface area (Å²) in [6.07, 6.45) is 1.27. The lowest BCUT2D eigenvalue weighted by Gasteiger charge is -2.01. The molecular weight excluding hydrogens is 208 g/mol. The fraction of sp³-hybridized carbons (Fsp3) is 0.182. The molecule has 5 nitrogen and oxygen atoms in total. The number of carboxylic acids is 1. The number of benzene rings is 1. The lowest BCUT2D eigenvalue weighted by atomic mass is 10.1. The number of para-hydroxylation sites is 1. The molecule has 84 valence electrons. The van der Waals surface area contributed by atoms with Crippen molar-refractivity contribution >= 4 is 23.7 Å². The van der Waals surface area contributed by atoms with Crippen LogP contribution in [0, 0.1) is 5.92 Å². The van der Waals surface area contributed by atoms with Crippen LogP contribution in [-0.4, -0.2) is 23.1 Å². The number of hydrogen-bond donors (Lipinski definition) is 2. The summed E-state index contributed by atoms with van der Waals surface area (Å²) in [5.41, 5.74) is 3.47. The number of Topliss-reactive ketones (excluding diaryl/α,β-unsaturated/α-hetero) is 1. The summed E-state index contributed by atoms with van der Waals surface area (Å²) in [6, 6.07) is 9.15. The fourth-order valence-corrected chi connectivity index (χ4v) is 0.999. The predicted octanol–water partition coefficient (Wildman–Crippen LogP) is 1.37. The van der Waals surface area contributed by atoms with Gasteiger partial charge >= 0.3 is 5.97 Å². The van der Waals surface area contributed by atoms with Crippen molar-refractivity contribution < 1.29 is 14.7 Å².